The smallest absolute Gasteiger partial charge is 0.376 e. The van der Waals surface area contributed by atoms with E-state index in [4.69, 9.17) is 9.59 Å². The molecule has 1 aliphatic rings. The Balaban J connectivity index is 0.00000141. The fourth-order valence-electron chi connectivity index (χ4n) is 5.18. The van der Waals surface area contributed by atoms with E-state index in [2.05, 4.69) is 46.0 Å². The summed E-state index contributed by atoms with van der Waals surface area (Å²) >= 11 is 0. The van der Waals surface area contributed by atoms with E-state index in [1.54, 1.807) is 12.1 Å². The molecule has 4 rings (SSSR count). The second kappa shape index (κ2) is 13.8. The summed E-state index contributed by atoms with van der Waals surface area (Å²) in [5.74, 6) is 0. The molecular weight excluding hydrogens is 519 g/mol. The molecule has 214 valence electrons. The van der Waals surface area contributed by atoms with Crippen molar-refractivity contribution in [2.75, 3.05) is 19.6 Å². The number of hydrogen-bond acceptors (Lipinski definition) is 6. The summed E-state index contributed by atoms with van der Waals surface area (Å²) < 4.78 is 39.5. The van der Waals surface area contributed by atoms with Crippen molar-refractivity contribution in [2.45, 2.75) is 64.5 Å². The molecule has 2 atom stereocenters. The summed E-state index contributed by atoms with van der Waals surface area (Å²) in [5.41, 5.74) is 2.38. The molecule has 1 aromatic heterocycles. The average Bonchev–Trinajstić information content (AvgIpc) is 2.91. The van der Waals surface area contributed by atoms with Gasteiger partial charge in [-0.3, -0.25) is 14.8 Å². The van der Waals surface area contributed by atoms with Crippen LogP contribution >= 0.6 is 0 Å². The first-order valence-corrected chi connectivity index (χ1v) is 13.3. The normalized spacial score (nSPS) is 17.8. The number of halogens is 3. The lowest BCUT2D eigenvalue weighted by atomic mass is 9.92. The van der Waals surface area contributed by atoms with Gasteiger partial charge in [0.05, 0.1) is 0 Å². The molecule has 9 heteroatoms. The number of aliphatic hydroxyl groups is 1. The fraction of sp³-hybridized carbons (Fsp3) is 0.419. The number of piperazine rings is 1. The van der Waals surface area contributed by atoms with Crippen molar-refractivity contribution in [3.05, 3.63) is 89.2 Å². The van der Waals surface area contributed by atoms with Crippen LogP contribution in [0.4, 0.5) is 13.2 Å². The van der Waals surface area contributed by atoms with Crippen LogP contribution < -0.4 is 0 Å². The molecule has 2 heterocycles. The van der Waals surface area contributed by atoms with E-state index in [1.807, 2.05) is 25.4 Å². The highest BCUT2D eigenvalue weighted by atomic mass is 19.4. The van der Waals surface area contributed by atoms with Gasteiger partial charge < -0.3 is 5.11 Å². The minimum atomic E-state index is -4.73. The largest absolute Gasteiger partial charge is 0.421 e. The first-order chi connectivity index (χ1) is 19.0. The Labute approximate surface area is 233 Å². The van der Waals surface area contributed by atoms with Crippen LogP contribution in [0.1, 0.15) is 48.9 Å². The fourth-order valence-corrected chi connectivity index (χ4v) is 5.18. The van der Waals surface area contributed by atoms with Crippen molar-refractivity contribution >= 4 is 6.15 Å². The van der Waals surface area contributed by atoms with Crippen LogP contribution in [0, 0.1) is 6.92 Å². The molecule has 1 N–H and O–H groups in total. The van der Waals surface area contributed by atoms with Crippen molar-refractivity contribution < 1.29 is 27.9 Å². The predicted molar refractivity (Wildman–Crippen MR) is 146 cm³/mol. The van der Waals surface area contributed by atoms with E-state index in [9.17, 15) is 18.3 Å². The standard InChI is InChI=1S/C30H36F3N3O.CO2/c1-4-5-27-21-35(16-17-36(27)20-23-12-14-34-15-13-23)19-24-6-11-28(22(2)18-24)25-7-9-26(10-8-25)29(3,37)30(31,32)33;2-1-3/h6-15,18,27,37H,4-5,16-17,19-21H2,1-3H3;. The molecule has 0 saturated carbocycles. The monoisotopic (exact) mass is 555 g/mol. The summed E-state index contributed by atoms with van der Waals surface area (Å²) in [6, 6.07) is 17.0. The van der Waals surface area contributed by atoms with Gasteiger partial charge in [-0.1, -0.05) is 55.8 Å². The molecule has 1 fully saturated rings. The summed E-state index contributed by atoms with van der Waals surface area (Å²) in [6.07, 6.45) is 1.54. The molecule has 0 aliphatic carbocycles. The molecule has 0 spiro atoms. The summed E-state index contributed by atoms with van der Waals surface area (Å²) in [4.78, 5) is 25.5. The van der Waals surface area contributed by atoms with Crippen molar-refractivity contribution in [3.63, 3.8) is 0 Å². The second-order valence-electron chi connectivity index (χ2n) is 10.4. The van der Waals surface area contributed by atoms with Crippen LogP contribution in [0.2, 0.25) is 0 Å². The number of aromatic nitrogens is 1. The van der Waals surface area contributed by atoms with Crippen LogP contribution in [-0.2, 0) is 28.3 Å². The van der Waals surface area contributed by atoms with E-state index >= 15 is 0 Å². The number of benzene rings is 2. The number of hydrogen-bond donors (Lipinski definition) is 1. The third kappa shape index (κ3) is 7.86. The van der Waals surface area contributed by atoms with E-state index in [0.29, 0.717) is 6.04 Å². The molecule has 2 unspecified atom stereocenters. The zero-order chi connectivity index (χ0) is 29.3. The summed E-state index contributed by atoms with van der Waals surface area (Å²) in [7, 11) is 0. The first-order valence-electron chi connectivity index (χ1n) is 13.3. The molecule has 0 amide bonds. The first kappa shape index (κ1) is 31.2. The maximum Gasteiger partial charge on any atom is 0.421 e. The quantitative estimate of drug-likeness (QED) is 0.383. The van der Waals surface area contributed by atoms with Gasteiger partial charge in [0.15, 0.2) is 5.60 Å². The minimum Gasteiger partial charge on any atom is -0.376 e. The van der Waals surface area contributed by atoms with E-state index in [1.165, 1.54) is 23.3 Å². The SMILES string of the molecule is CCCC1CN(Cc2ccc(-c3ccc(C(C)(O)C(F)(F)F)cc3)c(C)c2)CCN1Cc1ccncc1.O=C=O. The Morgan fingerprint density at radius 3 is 2.20 bits per heavy atom. The van der Waals surface area contributed by atoms with Crippen molar-refractivity contribution in [1.82, 2.24) is 14.8 Å². The van der Waals surface area contributed by atoms with Gasteiger partial charge in [-0.15, -0.1) is 0 Å². The van der Waals surface area contributed by atoms with E-state index in [0.717, 1.165) is 69.2 Å². The Morgan fingerprint density at radius 1 is 0.975 bits per heavy atom. The molecule has 40 heavy (non-hydrogen) atoms. The van der Waals surface area contributed by atoms with Crippen LogP contribution in [0.25, 0.3) is 11.1 Å². The summed E-state index contributed by atoms with van der Waals surface area (Å²) in [6.45, 7) is 9.94. The van der Waals surface area contributed by atoms with Gasteiger partial charge >= 0.3 is 12.3 Å². The lowest BCUT2D eigenvalue weighted by molar-refractivity contribution is -0.258. The van der Waals surface area contributed by atoms with Gasteiger partial charge in [-0.05, 0) is 65.8 Å². The van der Waals surface area contributed by atoms with Crippen molar-refractivity contribution in [3.8, 4) is 11.1 Å². The highest BCUT2D eigenvalue weighted by Crippen LogP contribution is 2.39. The van der Waals surface area contributed by atoms with Gasteiger partial charge in [0.2, 0.25) is 0 Å². The third-order valence-electron chi connectivity index (χ3n) is 7.45. The number of alkyl halides is 3. The van der Waals surface area contributed by atoms with Gasteiger partial charge in [-0.2, -0.15) is 22.8 Å². The Kier molecular flexibility index (Phi) is 10.8. The topological polar surface area (TPSA) is 73.7 Å². The van der Waals surface area contributed by atoms with Gasteiger partial charge in [-0.25, -0.2) is 0 Å². The third-order valence-corrected chi connectivity index (χ3v) is 7.45. The molecule has 3 aromatic rings. The highest BCUT2D eigenvalue weighted by molar-refractivity contribution is 5.68. The number of pyridine rings is 1. The van der Waals surface area contributed by atoms with E-state index < -0.39 is 11.8 Å². The van der Waals surface area contributed by atoms with Crippen LogP contribution in [0.3, 0.4) is 0 Å². The molecule has 1 saturated heterocycles. The Hall–Kier alpha value is -3.36. The van der Waals surface area contributed by atoms with Gasteiger partial charge in [0, 0.05) is 51.2 Å². The predicted octanol–water partition coefficient (Wildman–Crippen LogP) is 5.73. The average molecular weight is 556 g/mol. The zero-order valence-corrected chi connectivity index (χ0v) is 23.1. The number of rotatable bonds is 8. The van der Waals surface area contributed by atoms with Crippen LogP contribution in [0.5, 0.6) is 0 Å². The van der Waals surface area contributed by atoms with Gasteiger partial charge in [0.1, 0.15) is 0 Å². The Bertz CT molecular complexity index is 1260. The van der Waals surface area contributed by atoms with Crippen molar-refractivity contribution in [1.29, 1.82) is 0 Å². The van der Waals surface area contributed by atoms with Crippen LogP contribution in [-0.4, -0.2) is 57.9 Å². The van der Waals surface area contributed by atoms with Crippen LogP contribution in [0.15, 0.2) is 67.0 Å². The molecule has 0 radical (unpaired) electrons. The Morgan fingerprint density at radius 2 is 1.62 bits per heavy atom. The molecular formula is C31H36F3N3O3. The summed E-state index contributed by atoms with van der Waals surface area (Å²) in [5, 5.41) is 9.94. The molecule has 6 nitrogen and oxygen atoms in total. The van der Waals surface area contributed by atoms with Gasteiger partial charge in [0.25, 0.3) is 0 Å². The molecule has 2 aromatic carbocycles. The molecule has 0 bridgehead atoms. The number of nitrogens with zero attached hydrogens (tertiary/aromatic N) is 3. The number of aryl methyl sites for hydroxylation is 1. The van der Waals surface area contributed by atoms with Crippen molar-refractivity contribution in [2.24, 2.45) is 0 Å². The second-order valence-corrected chi connectivity index (χ2v) is 10.4. The highest BCUT2D eigenvalue weighted by Gasteiger charge is 2.51. The maximum atomic E-state index is 13.2. The van der Waals surface area contributed by atoms with E-state index in [-0.39, 0.29) is 11.7 Å². The zero-order valence-electron chi connectivity index (χ0n) is 23.1. The minimum absolute atomic E-state index is 0.164. The number of carbonyl (C=O) groups excluding carboxylic acids is 2. The molecule has 1 aliphatic heterocycles. The lowest BCUT2D eigenvalue weighted by Crippen LogP contribution is -2.52. The maximum absolute atomic E-state index is 13.2. The lowest BCUT2D eigenvalue weighted by Gasteiger charge is -2.41.